The highest BCUT2D eigenvalue weighted by atomic mass is 16.5. The van der Waals surface area contributed by atoms with Crippen molar-refractivity contribution < 1.29 is 28.4 Å². The molecule has 46 heavy (non-hydrogen) atoms. The van der Waals surface area contributed by atoms with Gasteiger partial charge in [0.25, 0.3) is 0 Å². The van der Waals surface area contributed by atoms with Gasteiger partial charge in [0, 0.05) is 11.1 Å². The minimum atomic E-state index is 0.704. The summed E-state index contributed by atoms with van der Waals surface area (Å²) in [6.07, 6.45) is 4.23. The van der Waals surface area contributed by atoms with Crippen LogP contribution in [0.5, 0.6) is 34.5 Å². The van der Waals surface area contributed by atoms with E-state index >= 15 is 0 Å². The molecule has 0 aliphatic carbocycles. The quantitative estimate of drug-likeness (QED) is 0.131. The molecule has 0 unspecified atom stereocenters. The van der Waals surface area contributed by atoms with Crippen LogP contribution >= 0.6 is 0 Å². The fourth-order valence-electron chi connectivity index (χ4n) is 5.23. The summed E-state index contributed by atoms with van der Waals surface area (Å²) in [6.45, 7) is 0. The summed E-state index contributed by atoms with van der Waals surface area (Å²) < 4.78 is 33.6. The monoisotopic (exact) mass is 614 g/mol. The number of methoxy groups -OCH3 is 6. The maximum atomic E-state index is 5.98. The Balaban J connectivity index is 1.67. The molecule has 0 radical (unpaired) electrons. The van der Waals surface area contributed by atoms with Crippen molar-refractivity contribution in [2.75, 3.05) is 42.7 Å². The third-order valence-electron chi connectivity index (χ3n) is 7.79. The van der Waals surface area contributed by atoms with Crippen molar-refractivity contribution in [2.24, 2.45) is 0 Å². The first-order valence-electron chi connectivity index (χ1n) is 14.8. The Labute approximate surface area is 271 Å². The van der Waals surface area contributed by atoms with E-state index in [1.165, 1.54) is 0 Å². The molecule has 0 heterocycles. The Kier molecular flexibility index (Phi) is 10.3. The van der Waals surface area contributed by atoms with E-state index in [1.807, 2.05) is 109 Å². The Morgan fingerprint density at radius 1 is 0.348 bits per heavy atom. The van der Waals surface area contributed by atoms with Gasteiger partial charge in [-0.2, -0.15) is 0 Å². The van der Waals surface area contributed by atoms with Crippen LogP contribution in [0.15, 0.2) is 109 Å². The van der Waals surface area contributed by atoms with Crippen LogP contribution in [0.2, 0.25) is 0 Å². The highest BCUT2D eigenvalue weighted by molar-refractivity contribution is 5.95. The summed E-state index contributed by atoms with van der Waals surface area (Å²) in [4.78, 5) is 0. The first-order valence-corrected chi connectivity index (χ1v) is 14.8. The topological polar surface area (TPSA) is 55.4 Å². The average molecular weight is 615 g/mol. The summed E-state index contributed by atoms with van der Waals surface area (Å²) >= 11 is 0. The molecule has 0 aliphatic heterocycles. The summed E-state index contributed by atoms with van der Waals surface area (Å²) in [5.41, 5.74) is 7.85. The van der Waals surface area contributed by atoms with Crippen molar-refractivity contribution in [1.82, 2.24) is 0 Å². The number of ether oxygens (including phenoxy) is 6. The molecule has 5 aromatic rings. The van der Waals surface area contributed by atoms with Gasteiger partial charge in [0.15, 0.2) is 0 Å². The van der Waals surface area contributed by atoms with E-state index in [0.29, 0.717) is 11.5 Å². The smallest absolute Gasteiger partial charge is 0.126 e. The van der Waals surface area contributed by atoms with Crippen molar-refractivity contribution in [3.63, 3.8) is 0 Å². The Bertz CT molecular complexity index is 1570. The lowest BCUT2D eigenvalue weighted by Crippen LogP contribution is -1.96. The van der Waals surface area contributed by atoms with Gasteiger partial charge in [0.05, 0.1) is 42.7 Å². The molecule has 0 saturated heterocycles. The van der Waals surface area contributed by atoms with Gasteiger partial charge in [-0.15, -0.1) is 0 Å². The molecule has 0 amide bonds. The lowest BCUT2D eigenvalue weighted by Gasteiger charge is -2.16. The summed E-state index contributed by atoms with van der Waals surface area (Å²) in [5, 5.41) is 0. The molecule has 6 heteroatoms. The molecule has 0 spiro atoms. The summed E-state index contributed by atoms with van der Waals surface area (Å²) in [7, 11) is 10.0. The maximum absolute atomic E-state index is 5.98. The number of rotatable bonds is 12. The Morgan fingerprint density at radius 2 is 0.587 bits per heavy atom. The fraction of sp³-hybridized carbons (Fsp3) is 0.150. The molecule has 0 atom stereocenters. The SMILES string of the molecule is COc1ccc(C(=Cc2cc(OC)c(C=C(c3ccc(OC)cc3)c3ccc(OC)cc3)cc2OC)c2ccc(OC)cc2)cc1. The van der Waals surface area contributed by atoms with Crippen molar-refractivity contribution in [3.8, 4) is 34.5 Å². The van der Waals surface area contributed by atoms with Crippen LogP contribution < -0.4 is 28.4 Å². The normalized spacial score (nSPS) is 10.4. The predicted molar refractivity (Wildman–Crippen MR) is 185 cm³/mol. The van der Waals surface area contributed by atoms with Gasteiger partial charge in [0.2, 0.25) is 0 Å². The van der Waals surface area contributed by atoms with Gasteiger partial charge in [-0.3, -0.25) is 0 Å². The highest BCUT2D eigenvalue weighted by Gasteiger charge is 2.15. The lowest BCUT2D eigenvalue weighted by molar-refractivity contribution is 0.401. The van der Waals surface area contributed by atoms with Crippen LogP contribution in [0, 0.1) is 0 Å². The first kappa shape index (κ1) is 31.8. The molecular formula is C40H38O6. The van der Waals surface area contributed by atoms with E-state index in [4.69, 9.17) is 28.4 Å². The molecule has 5 rings (SSSR count). The molecule has 0 bridgehead atoms. The summed E-state index contributed by atoms with van der Waals surface area (Å²) in [5.74, 6) is 4.57. The van der Waals surface area contributed by atoms with Crippen LogP contribution in [0.1, 0.15) is 33.4 Å². The van der Waals surface area contributed by atoms with Crippen molar-refractivity contribution in [2.45, 2.75) is 0 Å². The zero-order chi connectivity index (χ0) is 32.5. The second-order valence-corrected chi connectivity index (χ2v) is 10.4. The number of benzene rings is 5. The molecule has 0 aliphatic rings. The van der Waals surface area contributed by atoms with Crippen molar-refractivity contribution >= 4 is 23.3 Å². The van der Waals surface area contributed by atoms with Gasteiger partial charge in [0.1, 0.15) is 34.5 Å². The van der Waals surface area contributed by atoms with E-state index in [0.717, 1.165) is 67.5 Å². The summed E-state index contributed by atoms with van der Waals surface area (Å²) in [6, 6.07) is 36.1. The van der Waals surface area contributed by atoms with Crippen LogP contribution in [0.25, 0.3) is 23.3 Å². The molecule has 0 aromatic heterocycles. The fourth-order valence-corrected chi connectivity index (χ4v) is 5.23. The zero-order valence-electron chi connectivity index (χ0n) is 27.0. The second kappa shape index (κ2) is 14.9. The van der Waals surface area contributed by atoms with Gasteiger partial charge < -0.3 is 28.4 Å². The number of hydrogen-bond donors (Lipinski definition) is 0. The van der Waals surface area contributed by atoms with Crippen LogP contribution in [0.3, 0.4) is 0 Å². The average Bonchev–Trinajstić information content (AvgIpc) is 3.13. The second-order valence-electron chi connectivity index (χ2n) is 10.4. The third-order valence-corrected chi connectivity index (χ3v) is 7.79. The Morgan fingerprint density at radius 3 is 0.783 bits per heavy atom. The minimum absolute atomic E-state index is 0.704. The standard InChI is InChI=1S/C40H38O6/c1-41-33-15-7-27(8-16-33)37(28-9-17-34(42-2)18-10-28)23-31-25-40(46-6)32(26-39(31)45-5)24-38(29-11-19-35(43-3)20-12-29)30-13-21-36(44-4)22-14-30/h7-26H,1-6H3. The van der Waals surface area contributed by atoms with E-state index in [2.05, 4.69) is 12.2 Å². The molecular weight excluding hydrogens is 576 g/mol. The van der Waals surface area contributed by atoms with Crippen molar-refractivity contribution in [1.29, 1.82) is 0 Å². The van der Waals surface area contributed by atoms with E-state index in [1.54, 1.807) is 42.7 Å². The molecule has 0 saturated carbocycles. The third kappa shape index (κ3) is 7.19. The molecule has 0 N–H and O–H groups in total. The van der Waals surface area contributed by atoms with Gasteiger partial charge in [-0.25, -0.2) is 0 Å². The predicted octanol–water partition coefficient (Wildman–Crippen LogP) is 8.92. The molecule has 5 aromatic carbocycles. The lowest BCUT2D eigenvalue weighted by atomic mass is 9.93. The van der Waals surface area contributed by atoms with Gasteiger partial charge in [-0.05, 0) is 106 Å². The molecule has 234 valence electrons. The van der Waals surface area contributed by atoms with E-state index in [9.17, 15) is 0 Å². The van der Waals surface area contributed by atoms with Crippen LogP contribution in [-0.4, -0.2) is 42.7 Å². The Hall–Kier alpha value is -5.62. The zero-order valence-corrected chi connectivity index (χ0v) is 27.0. The first-order chi connectivity index (χ1) is 22.5. The van der Waals surface area contributed by atoms with Gasteiger partial charge >= 0.3 is 0 Å². The van der Waals surface area contributed by atoms with Crippen molar-refractivity contribution in [3.05, 3.63) is 143 Å². The van der Waals surface area contributed by atoms with Gasteiger partial charge in [-0.1, -0.05) is 48.5 Å². The molecule has 6 nitrogen and oxygen atoms in total. The van der Waals surface area contributed by atoms with Crippen LogP contribution in [0.4, 0.5) is 0 Å². The van der Waals surface area contributed by atoms with Crippen LogP contribution in [-0.2, 0) is 0 Å². The largest absolute Gasteiger partial charge is 0.497 e. The maximum Gasteiger partial charge on any atom is 0.126 e. The highest BCUT2D eigenvalue weighted by Crippen LogP contribution is 2.38. The number of hydrogen-bond acceptors (Lipinski definition) is 6. The van der Waals surface area contributed by atoms with E-state index in [-0.39, 0.29) is 0 Å². The minimum Gasteiger partial charge on any atom is -0.497 e. The molecule has 0 fully saturated rings. The van der Waals surface area contributed by atoms with E-state index < -0.39 is 0 Å².